The summed E-state index contributed by atoms with van der Waals surface area (Å²) in [5.74, 6) is 0.125. The standard InChI is InChI=1S/C13H20N2O/c1-2-3-7-13(16)15-10-12-6-4-5-11(8-12)9-14/h4-6,8H,2-3,7,9-10,14H2,1H3,(H,15,16). The maximum atomic E-state index is 11.4. The average Bonchev–Trinajstić information content (AvgIpc) is 2.34. The Hall–Kier alpha value is -1.35. The Balaban J connectivity index is 2.38. The predicted molar refractivity (Wildman–Crippen MR) is 65.7 cm³/mol. The van der Waals surface area contributed by atoms with E-state index in [1.807, 2.05) is 24.3 Å². The van der Waals surface area contributed by atoms with E-state index in [0.717, 1.165) is 24.0 Å². The molecule has 0 heterocycles. The van der Waals surface area contributed by atoms with Crippen LogP contribution in [-0.4, -0.2) is 5.91 Å². The van der Waals surface area contributed by atoms with Gasteiger partial charge >= 0.3 is 0 Å². The Morgan fingerprint density at radius 1 is 1.38 bits per heavy atom. The van der Waals surface area contributed by atoms with E-state index in [-0.39, 0.29) is 5.91 Å². The average molecular weight is 220 g/mol. The molecule has 0 aliphatic carbocycles. The van der Waals surface area contributed by atoms with E-state index in [4.69, 9.17) is 5.73 Å². The lowest BCUT2D eigenvalue weighted by Crippen LogP contribution is -2.22. The van der Waals surface area contributed by atoms with Gasteiger partial charge in [-0.15, -0.1) is 0 Å². The largest absolute Gasteiger partial charge is 0.352 e. The van der Waals surface area contributed by atoms with Crippen LogP contribution < -0.4 is 11.1 Å². The first kappa shape index (κ1) is 12.7. The van der Waals surface area contributed by atoms with Gasteiger partial charge < -0.3 is 11.1 Å². The topological polar surface area (TPSA) is 55.1 Å². The molecule has 0 radical (unpaired) electrons. The van der Waals surface area contributed by atoms with Crippen LogP contribution in [0.3, 0.4) is 0 Å². The molecule has 0 unspecified atom stereocenters. The van der Waals surface area contributed by atoms with Crippen LogP contribution in [-0.2, 0) is 17.9 Å². The zero-order chi connectivity index (χ0) is 11.8. The lowest BCUT2D eigenvalue weighted by atomic mass is 10.1. The van der Waals surface area contributed by atoms with E-state index in [9.17, 15) is 4.79 Å². The SMILES string of the molecule is CCCCC(=O)NCc1cccc(CN)c1. The molecular weight excluding hydrogens is 200 g/mol. The number of unbranched alkanes of at least 4 members (excludes halogenated alkanes) is 1. The Morgan fingerprint density at radius 2 is 2.12 bits per heavy atom. The molecule has 0 spiro atoms. The minimum absolute atomic E-state index is 0.125. The van der Waals surface area contributed by atoms with Crippen LogP contribution >= 0.6 is 0 Å². The number of nitrogens with two attached hydrogens (primary N) is 1. The van der Waals surface area contributed by atoms with Gasteiger partial charge in [-0.25, -0.2) is 0 Å². The molecule has 3 N–H and O–H groups in total. The van der Waals surface area contributed by atoms with Crippen molar-refractivity contribution in [3.05, 3.63) is 35.4 Å². The molecule has 1 aromatic rings. The summed E-state index contributed by atoms with van der Waals surface area (Å²) in [5.41, 5.74) is 7.75. The van der Waals surface area contributed by atoms with Crippen LogP contribution in [0.5, 0.6) is 0 Å². The van der Waals surface area contributed by atoms with Crippen molar-refractivity contribution in [2.45, 2.75) is 39.3 Å². The summed E-state index contributed by atoms with van der Waals surface area (Å²) in [6.45, 7) is 3.21. The quantitative estimate of drug-likeness (QED) is 0.770. The van der Waals surface area contributed by atoms with Crippen molar-refractivity contribution in [2.24, 2.45) is 5.73 Å². The first-order valence-electron chi connectivity index (χ1n) is 5.81. The number of nitrogens with one attached hydrogen (secondary N) is 1. The first-order chi connectivity index (χ1) is 7.76. The van der Waals surface area contributed by atoms with Crippen molar-refractivity contribution in [3.8, 4) is 0 Å². The Labute approximate surface area is 97.0 Å². The molecule has 0 fully saturated rings. The maximum absolute atomic E-state index is 11.4. The fourth-order valence-corrected chi connectivity index (χ4v) is 1.49. The third-order valence-electron chi connectivity index (χ3n) is 2.47. The van der Waals surface area contributed by atoms with E-state index in [1.54, 1.807) is 0 Å². The van der Waals surface area contributed by atoms with Gasteiger partial charge in [-0.1, -0.05) is 37.6 Å². The molecule has 0 saturated heterocycles. The predicted octanol–water partition coefficient (Wildman–Crippen LogP) is 1.95. The van der Waals surface area contributed by atoms with Crippen molar-refractivity contribution in [1.82, 2.24) is 5.32 Å². The zero-order valence-electron chi connectivity index (χ0n) is 9.83. The van der Waals surface area contributed by atoms with Crippen molar-refractivity contribution in [3.63, 3.8) is 0 Å². The Kier molecular flexibility index (Phi) is 5.57. The van der Waals surface area contributed by atoms with Crippen LogP contribution in [0.1, 0.15) is 37.3 Å². The molecular formula is C13H20N2O. The number of amides is 1. The second kappa shape index (κ2) is 7.01. The second-order valence-corrected chi connectivity index (χ2v) is 3.90. The van der Waals surface area contributed by atoms with Crippen molar-refractivity contribution < 1.29 is 4.79 Å². The molecule has 0 bridgehead atoms. The summed E-state index contributed by atoms with van der Waals surface area (Å²) in [7, 11) is 0. The molecule has 1 rings (SSSR count). The van der Waals surface area contributed by atoms with Gasteiger partial charge in [-0.3, -0.25) is 4.79 Å². The van der Waals surface area contributed by atoms with Gasteiger partial charge in [-0.05, 0) is 17.5 Å². The summed E-state index contributed by atoms with van der Waals surface area (Å²) in [6.07, 6.45) is 2.62. The van der Waals surface area contributed by atoms with Gasteiger partial charge in [0, 0.05) is 19.5 Å². The highest BCUT2D eigenvalue weighted by molar-refractivity contribution is 5.75. The van der Waals surface area contributed by atoms with Gasteiger partial charge in [-0.2, -0.15) is 0 Å². The number of carbonyl (C=O) groups excluding carboxylic acids is 1. The van der Waals surface area contributed by atoms with Crippen LogP contribution in [0.4, 0.5) is 0 Å². The Bertz CT molecular complexity index is 336. The van der Waals surface area contributed by atoms with Gasteiger partial charge in [0.1, 0.15) is 0 Å². The number of rotatable bonds is 6. The highest BCUT2D eigenvalue weighted by atomic mass is 16.1. The van der Waals surface area contributed by atoms with Crippen molar-refractivity contribution in [2.75, 3.05) is 0 Å². The number of hydrogen-bond acceptors (Lipinski definition) is 2. The Morgan fingerprint density at radius 3 is 2.81 bits per heavy atom. The fraction of sp³-hybridized carbons (Fsp3) is 0.462. The third-order valence-corrected chi connectivity index (χ3v) is 2.47. The monoisotopic (exact) mass is 220 g/mol. The van der Waals surface area contributed by atoms with Crippen LogP contribution in [0.2, 0.25) is 0 Å². The first-order valence-corrected chi connectivity index (χ1v) is 5.81. The van der Waals surface area contributed by atoms with E-state index >= 15 is 0 Å². The maximum Gasteiger partial charge on any atom is 0.220 e. The molecule has 0 saturated carbocycles. The molecule has 0 atom stereocenters. The molecule has 3 nitrogen and oxygen atoms in total. The van der Waals surface area contributed by atoms with Gasteiger partial charge in [0.15, 0.2) is 0 Å². The lowest BCUT2D eigenvalue weighted by Gasteiger charge is -2.06. The lowest BCUT2D eigenvalue weighted by molar-refractivity contribution is -0.121. The number of benzene rings is 1. The molecule has 88 valence electrons. The summed E-state index contributed by atoms with van der Waals surface area (Å²) >= 11 is 0. The summed E-state index contributed by atoms with van der Waals surface area (Å²) in [4.78, 5) is 11.4. The number of carbonyl (C=O) groups is 1. The van der Waals surface area contributed by atoms with Gasteiger partial charge in [0.25, 0.3) is 0 Å². The molecule has 1 aromatic carbocycles. The zero-order valence-corrected chi connectivity index (χ0v) is 9.83. The number of hydrogen-bond donors (Lipinski definition) is 2. The molecule has 0 aliphatic heterocycles. The van der Waals surface area contributed by atoms with Crippen LogP contribution in [0.25, 0.3) is 0 Å². The molecule has 16 heavy (non-hydrogen) atoms. The van der Waals surface area contributed by atoms with E-state index in [0.29, 0.717) is 19.5 Å². The van der Waals surface area contributed by atoms with Crippen LogP contribution in [0.15, 0.2) is 24.3 Å². The van der Waals surface area contributed by atoms with Crippen molar-refractivity contribution >= 4 is 5.91 Å². The smallest absolute Gasteiger partial charge is 0.220 e. The van der Waals surface area contributed by atoms with E-state index in [2.05, 4.69) is 12.2 Å². The molecule has 3 heteroatoms. The van der Waals surface area contributed by atoms with Gasteiger partial charge in [0.05, 0.1) is 0 Å². The summed E-state index contributed by atoms with van der Waals surface area (Å²) in [6, 6.07) is 7.98. The third kappa shape index (κ3) is 4.45. The minimum Gasteiger partial charge on any atom is -0.352 e. The minimum atomic E-state index is 0.125. The second-order valence-electron chi connectivity index (χ2n) is 3.90. The molecule has 0 aliphatic rings. The van der Waals surface area contributed by atoms with Gasteiger partial charge in [0.2, 0.25) is 5.91 Å². The molecule has 0 aromatic heterocycles. The highest BCUT2D eigenvalue weighted by Gasteiger charge is 2.00. The summed E-state index contributed by atoms with van der Waals surface area (Å²) < 4.78 is 0. The van der Waals surface area contributed by atoms with Crippen LogP contribution in [0, 0.1) is 0 Å². The van der Waals surface area contributed by atoms with E-state index in [1.165, 1.54) is 0 Å². The van der Waals surface area contributed by atoms with Crippen molar-refractivity contribution in [1.29, 1.82) is 0 Å². The summed E-state index contributed by atoms with van der Waals surface area (Å²) in [5, 5.41) is 2.91. The van der Waals surface area contributed by atoms with E-state index < -0.39 is 0 Å². The fourth-order valence-electron chi connectivity index (χ4n) is 1.49. The molecule has 1 amide bonds. The highest BCUT2D eigenvalue weighted by Crippen LogP contribution is 2.04. The normalized spacial score (nSPS) is 10.1.